The van der Waals surface area contributed by atoms with Gasteiger partial charge < -0.3 is 0 Å². The molecule has 0 spiro atoms. The fourth-order valence-electron chi connectivity index (χ4n) is 14.5. The Morgan fingerprint density at radius 2 is 0.873 bits per heavy atom. The van der Waals surface area contributed by atoms with E-state index in [0.717, 1.165) is 75.5 Å². The fourth-order valence-corrected chi connectivity index (χ4v) is 28.2. The second kappa shape index (κ2) is 26.0. The zero-order valence-corrected chi connectivity index (χ0v) is 48.7. The minimum atomic E-state index is -4.52. The van der Waals surface area contributed by atoms with Gasteiger partial charge in [-0.3, -0.25) is 9.11 Å². The molecule has 0 heterocycles. The standard InChI is InChI=1S/C46H80O16S9/c1-29-7-20-37(26-43(29)66-61-59-47)69(51,52)39-22-24-42(45(28-39)71(56,57)58)65-35-18-12-32(13-19-35)46(2,30-8-14-33(63-3)15-9-30)31-10-16-34(17-11-31)64-41-23-21-38(27-44(41)67-62-60-48)68(49,50)36-5-4-6-40(25-36)70(53,54)55/h29-45,47-48H,4-28H2,1-3H3,(H,53,54,55)(H,56,57,58). The van der Waals surface area contributed by atoms with Gasteiger partial charge in [-0.2, -0.15) is 52.1 Å². The van der Waals surface area contributed by atoms with Gasteiger partial charge in [-0.15, -0.1) is 8.67 Å². The van der Waals surface area contributed by atoms with E-state index in [4.69, 9.17) is 14.8 Å². The topological polar surface area (TPSA) is 254 Å². The summed E-state index contributed by atoms with van der Waals surface area (Å²) in [6.07, 6.45) is 19.8. The molecule has 7 aliphatic rings. The van der Waals surface area contributed by atoms with Crippen LogP contribution in [0.25, 0.3) is 0 Å². The third kappa shape index (κ3) is 14.7. The van der Waals surface area contributed by atoms with Crippen LogP contribution in [0.15, 0.2) is 0 Å². The van der Waals surface area contributed by atoms with Crippen molar-refractivity contribution in [1.29, 1.82) is 0 Å². The van der Waals surface area contributed by atoms with Crippen molar-refractivity contribution in [2.45, 2.75) is 243 Å². The van der Waals surface area contributed by atoms with Gasteiger partial charge in [0.1, 0.15) is 0 Å². The summed E-state index contributed by atoms with van der Waals surface area (Å²) in [4.78, 5) is 0. The third-order valence-electron chi connectivity index (χ3n) is 18.8. The molecule has 7 saturated carbocycles. The molecule has 7 aliphatic carbocycles. The molecule has 0 aromatic carbocycles. The van der Waals surface area contributed by atoms with E-state index >= 15 is 0 Å². The van der Waals surface area contributed by atoms with Crippen molar-refractivity contribution in [1.82, 2.24) is 0 Å². The lowest BCUT2D eigenvalue weighted by Crippen LogP contribution is -2.48. The van der Waals surface area contributed by atoms with Crippen LogP contribution in [0.5, 0.6) is 0 Å². The number of hydrogen-bond donors (Lipinski definition) is 4. The average Bonchev–Trinajstić information content (AvgIpc) is 3.35. The molecule has 414 valence electrons. The Morgan fingerprint density at radius 3 is 1.37 bits per heavy atom. The van der Waals surface area contributed by atoms with Gasteiger partial charge in [-0.1, -0.05) is 30.3 Å². The SMILES string of the molecule is CSC1CCC(C(C)(C2CCC(SC3CCC(S(=O)(=O)C4CCCC(S(=O)(=O)O)C4)CC3SOOO)CC2)C2CCC(SC3CCC(S(=O)(=O)C4CCC(C)C(SOOO)C4)CC3S(=O)(=O)O)CC2)CC1. The molecule has 7 rings (SSSR count). The first-order chi connectivity index (χ1) is 33.6. The van der Waals surface area contributed by atoms with Gasteiger partial charge in [-0.25, -0.2) is 27.4 Å². The van der Waals surface area contributed by atoms with Crippen LogP contribution in [-0.2, 0) is 58.7 Å². The van der Waals surface area contributed by atoms with Crippen molar-refractivity contribution in [3.05, 3.63) is 0 Å². The van der Waals surface area contributed by atoms with Crippen LogP contribution in [0.1, 0.15) is 174 Å². The molecular weight excluding hydrogens is 1100 g/mol. The number of thioether (sulfide) groups is 3. The maximum Gasteiger partial charge on any atom is 0.268 e. The summed E-state index contributed by atoms with van der Waals surface area (Å²) < 4.78 is 136. The highest BCUT2D eigenvalue weighted by Gasteiger charge is 2.52. The highest BCUT2D eigenvalue weighted by Crippen LogP contribution is 2.59. The Morgan fingerprint density at radius 1 is 0.451 bits per heavy atom. The lowest BCUT2D eigenvalue weighted by Gasteiger charge is -2.54. The molecule has 25 heteroatoms. The fraction of sp³-hybridized carbons (Fsp3) is 1.00. The Hall–Kier alpha value is 1.23. The van der Waals surface area contributed by atoms with Gasteiger partial charge in [0.25, 0.3) is 20.2 Å². The molecule has 0 aliphatic heterocycles. The van der Waals surface area contributed by atoms with Crippen LogP contribution >= 0.6 is 59.4 Å². The quantitative estimate of drug-likeness (QED) is 0.0382. The summed E-state index contributed by atoms with van der Waals surface area (Å²) in [5.74, 6) is 1.82. The minimum absolute atomic E-state index is 0.0722. The Balaban J connectivity index is 0.960. The maximum atomic E-state index is 14.1. The summed E-state index contributed by atoms with van der Waals surface area (Å²) in [7, 11) is -16.3. The summed E-state index contributed by atoms with van der Waals surface area (Å²) >= 11 is 7.40. The van der Waals surface area contributed by atoms with E-state index in [-0.39, 0.29) is 56.8 Å². The number of rotatable bonds is 20. The van der Waals surface area contributed by atoms with E-state index in [9.17, 15) is 42.8 Å². The van der Waals surface area contributed by atoms with Crippen LogP contribution in [0.3, 0.4) is 0 Å². The van der Waals surface area contributed by atoms with Crippen LogP contribution < -0.4 is 0 Å². The van der Waals surface area contributed by atoms with Crippen molar-refractivity contribution >= 4 is 99.3 Å². The van der Waals surface area contributed by atoms with Gasteiger partial charge in [0, 0.05) is 60.8 Å². The lowest BCUT2D eigenvalue weighted by atomic mass is 9.52. The van der Waals surface area contributed by atoms with Crippen molar-refractivity contribution in [2.75, 3.05) is 6.26 Å². The van der Waals surface area contributed by atoms with E-state index in [2.05, 4.69) is 27.6 Å². The van der Waals surface area contributed by atoms with E-state index in [1.165, 1.54) is 25.7 Å². The number of sulfone groups is 2. The van der Waals surface area contributed by atoms with Gasteiger partial charge in [-0.05, 0) is 189 Å². The molecule has 0 amide bonds. The average molecular weight is 1180 g/mol. The van der Waals surface area contributed by atoms with E-state index in [0.29, 0.717) is 92.5 Å². The molecule has 0 bridgehead atoms. The summed E-state index contributed by atoms with van der Waals surface area (Å²) in [6, 6.07) is 0. The predicted molar refractivity (Wildman–Crippen MR) is 287 cm³/mol. The minimum Gasteiger partial charge on any atom is -0.285 e. The molecule has 0 aromatic heterocycles. The molecule has 4 N–H and O–H groups in total. The van der Waals surface area contributed by atoms with Crippen LogP contribution in [0.2, 0.25) is 0 Å². The highest BCUT2D eigenvalue weighted by atomic mass is 32.2. The Bertz CT molecular complexity index is 2150. The van der Waals surface area contributed by atoms with Crippen molar-refractivity contribution in [2.24, 2.45) is 29.1 Å². The maximum absolute atomic E-state index is 14.1. The molecular formula is C46H80O16S9. The van der Waals surface area contributed by atoms with Crippen molar-refractivity contribution in [3.63, 3.8) is 0 Å². The zero-order valence-electron chi connectivity index (χ0n) is 41.4. The molecule has 12 atom stereocenters. The zero-order chi connectivity index (χ0) is 51.4. The lowest BCUT2D eigenvalue weighted by molar-refractivity contribution is -0.432. The van der Waals surface area contributed by atoms with E-state index in [1.807, 2.05) is 30.4 Å². The molecule has 71 heavy (non-hydrogen) atoms. The largest absolute Gasteiger partial charge is 0.285 e. The van der Waals surface area contributed by atoms with E-state index in [1.54, 1.807) is 11.8 Å². The first-order valence-electron chi connectivity index (χ1n) is 26.1. The second-order valence-corrected chi connectivity index (χ2v) is 36.8. The normalized spacial score (nSPS) is 40.4. The van der Waals surface area contributed by atoms with Crippen LogP contribution in [0.4, 0.5) is 0 Å². The van der Waals surface area contributed by atoms with E-state index < -0.39 is 71.4 Å². The summed E-state index contributed by atoms with van der Waals surface area (Å²) in [5.41, 5.74) is 0.133. The van der Waals surface area contributed by atoms with Crippen LogP contribution in [-0.4, -0.2) is 128 Å². The highest BCUT2D eigenvalue weighted by molar-refractivity contribution is 8.02. The monoisotopic (exact) mass is 1180 g/mol. The molecule has 7 fully saturated rings. The van der Waals surface area contributed by atoms with Gasteiger partial charge in [0.15, 0.2) is 19.7 Å². The molecule has 0 radical (unpaired) electrons. The molecule has 12 unspecified atom stereocenters. The molecule has 16 nitrogen and oxygen atoms in total. The van der Waals surface area contributed by atoms with Crippen LogP contribution in [0, 0.1) is 29.1 Å². The third-order valence-corrected chi connectivity index (χ3v) is 33.8. The molecule has 0 aromatic rings. The second-order valence-electron chi connectivity index (χ2n) is 22.4. The Kier molecular flexibility index (Phi) is 21.9. The predicted octanol–water partition coefficient (Wildman–Crippen LogP) is 10.7. The summed E-state index contributed by atoms with van der Waals surface area (Å²) in [6.45, 7) is 4.58. The van der Waals surface area contributed by atoms with Gasteiger partial charge in [0.05, 0.1) is 31.5 Å². The summed E-state index contributed by atoms with van der Waals surface area (Å²) in [5, 5.41) is 20.8. The molecule has 0 saturated heterocycles. The van der Waals surface area contributed by atoms with Crippen molar-refractivity contribution < 1.29 is 72.0 Å². The first kappa shape index (κ1) is 59.9. The Labute approximate surface area is 445 Å². The van der Waals surface area contributed by atoms with Gasteiger partial charge in [0.2, 0.25) is 0 Å². The number of hydrogen-bond acceptors (Lipinski definition) is 19. The smallest absolute Gasteiger partial charge is 0.268 e. The van der Waals surface area contributed by atoms with Gasteiger partial charge >= 0.3 is 0 Å². The first-order valence-corrected chi connectivity index (χ1v) is 37.1. The van der Waals surface area contributed by atoms with Crippen molar-refractivity contribution in [3.8, 4) is 0 Å².